The van der Waals surface area contributed by atoms with Crippen molar-refractivity contribution < 1.29 is 0 Å². The van der Waals surface area contributed by atoms with Gasteiger partial charge in [0.15, 0.2) is 0 Å². The maximum Gasteiger partial charge on any atom is 0.284 e. The molecule has 1 rings (SSSR count). The molecule has 0 amide bonds. The number of halogens is 2. The highest BCUT2D eigenvalue weighted by atomic mass is 35.7. The summed E-state index contributed by atoms with van der Waals surface area (Å²) in [6, 6.07) is 0. The van der Waals surface area contributed by atoms with Crippen molar-refractivity contribution in [1.82, 2.24) is 0 Å². The van der Waals surface area contributed by atoms with Crippen LogP contribution in [0.4, 0.5) is 0 Å². The summed E-state index contributed by atoms with van der Waals surface area (Å²) in [6.45, 7) is 12.8. The first-order valence-corrected chi connectivity index (χ1v) is 9.98. The van der Waals surface area contributed by atoms with Crippen molar-refractivity contribution in [2.24, 2.45) is 5.41 Å². The van der Waals surface area contributed by atoms with Gasteiger partial charge in [0.05, 0.1) is 0 Å². The monoisotopic (exact) mass is 276 g/mol. The molecule has 0 bridgehead atoms. The number of hydrogen-bond acceptors (Lipinski definition) is 0. The minimum absolute atomic E-state index is 0.271. The highest BCUT2D eigenvalue weighted by Gasteiger charge is 2.54. The van der Waals surface area contributed by atoms with Gasteiger partial charge in [-0.15, -0.1) is 22.2 Å². The Bertz CT molecular complexity index is 334. The summed E-state index contributed by atoms with van der Waals surface area (Å²) in [4.78, 5) is 0. The number of rotatable bonds is 3. The molecule has 0 spiro atoms. The molecule has 1 heterocycles. The van der Waals surface area contributed by atoms with Crippen molar-refractivity contribution in [2.75, 3.05) is 0 Å². The van der Waals surface area contributed by atoms with Gasteiger partial charge in [-0.3, -0.25) is 0 Å². The first-order chi connectivity index (χ1) is 7.11. The topological polar surface area (TPSA) is 0 Å². The Balaban J connectivity index is 3.04. The third-order valence-corrected chi connectivity index (χ3v) is 8.89. The Labute approximate surface area is 110 Å². The summed E-state index contributed by atoms with van der Waals surface area (Å²) in [5.41, 5.74) is 3.17. The van der Waals surface area contributed by atoms with E-state index < -0.39 is 6.69 Å². The van der Waals surface area contributed by atoms with E-state index >= 15 is 0 Å². The second-order valence-corrected chi connectivity index (χ2v) is 12.7. The minimum atomic E-state index is -2.18. The SMILES string of the molecule is C=C(C)C1=C(CC)[Si](Cl)(Cl)C1CC(C)(C)C. The molecule has 0 aromatic carbocycles. The van der Waals surface area contributed by atoms with E-state index in [-0.39, 0.29) is 5.41 Å². The van der Waals surface area contributed by atoms with Crippen molar-refractivity contribution in [2.45, 2.75) is 53.0 Å². The highest BCUT2D eigenvalue weighted by molar-refractivity contribution is 7.50. The van der Waals surface area contributed by atoms with Gasteiger partial charge in [-0.05, 0) is 35.9 Å². The van der Waals surface area contributed by atoms with Crippen molar-refractivity contribution in [1.29, 1.82) is 0 Å². The molecule has 1 atom stereocenters. The quantitative estimate of drug-likeness (QED) is 0.469. The molecule has 0 saturated heterocycles. The highest BCUT2D eigenvalue weighted by Crippen LogP contribution is 2.59. The summed E-state index contributed by atoms with van der Waals surface area (Å²) in [5, 5.41) is 1.30. The smallest absolute Gasteiger partial charge is 0.139 e. The Morgan fingerprint density at radius 1 is 1.38 bits per heavy atom. The van der Waals surface area contributed by atoms with Gasteiger partial charge in [-0.1, -0.05) is 39.8 Å². The molecule has 92 valence electrons. The van der Waals surface area contributed by atoms with Crippen molar-refractivity contribution >= 4 is 28.9 Å². The van der Waals surface area contributed by atoms with Crippen LogP contribution in [0.3, 0.4) is 0 Å². The molecule has 16 heavy (non-hydrogen) atoms. The van der Waals surface area contributed by atoms with Crippen LogP contribution in [0.1, 0.15) is 47.5 Å². The van der Waals surface area contributed by atoms with Gasteiger partial charge < -0.3 is 0 Å². The molecule has 3 heteroatoms. The van der Waals surface area contributed by atoms with Crippen molar-refractivity contribution in [3.63, 3.8) is 0 Å². The van der Waals surface area contributed by atoms with Gasteiger partial charge >= 0.3 is 0 Å². The lowest BCUT2D eigenvalue weighted by Crippen LogP contribution is -2.44. The van der Waals surface area contributed by atoms with Gasteiger partial charge in [0.25, 0.3) is 6.69 Å². The summed E-state index contributed by atoms with van der Waals surface area (Å²) in [5.74, 6) is 0. The summed E-state index contributed by atoms with van der Waals surface area (Å²) < 4.78 is 0. The van der Waals surface area contributed by atoms with Crippen molar-refractivity contribution in [3.8, 4) is 0 Å². The molecule has 0 aromatic heterocycles. The van der Waals surface area contributed by atoms with Crippen LogP contribution in [0.25, 0.3) is 0 Å². The fraction of sp³-hybridized carbons (Fsp3) is 0.692. The molecular weight excluding hydrogens is 255 g/mol. The maximum atomic E-state index is 6.59. The van der Waals surface area contributed by atoms with E-state index in [4.69, 9.17) is 22.2 Å². The molecule has 0 aliphatic carbocycles. The molecule has 1 unspecified atom stereocenters. The largest absolute Gasteiger partial charge is 0.284 e. The summed E-state index contributed by atoms with van der Waals surface area (Å²) in [7, 11) is 0. The Hall–Kier alpha value is 0.277. The minimum Gasteiger partial charge on any atom is -0.139 e. The van der Waals surface area contributed by atoms with Crippen LogP contribution >= 0.6 is 22.2 Å². The predicted molar refractivity (Wildman–Crippen MR) is 77.4 cm³/mol. The van der Waals surface area contributed by atoms with Crippen LogP contribution in [-0.2, 0) is 0 Å². The van der Waals surface area contributed by atoms with Crippen LogP contribution < -0.4 is 0 Å². The first kappa shape index (κ1) is 14.3. The van der Waals surface area contributed by atoms with Crippen LogP contribution in [0.15, 0.2) is 22.9 Å². The van der Waals surface area contributed by atoms with E-state index in [0.29, 0.717) is 5.54 Å². The molecule has 0 N–H and O–H groups in total. The number of hydrogen-bond donors (Lipinski definition) is 0. The summed E-state index contributed by atoms with van der Waals surface area (Å²) in [6.07, 6.45) is 2.04. The molecule has 0 saturated carbocycles. The zero-order valence-electron chi connectivity index (χ0n) is 11.0. The fourth-order valence-electron chi connectivity index (χ4n) is 2.53. The van der Waals surface area contributed by atoms with Gasteiger partial charge in [0.2, 0.25) is 0 Å². The van der Waals surface area contributed by atoms with E-state index in [9.17, 15) is 0 Å². The molecular formula is C13H22Cl2Si. The Kier molecular flexibility index (Phi) is 4.04. The lowest BCUT2D eigenvalue weighted by Gasteiger charge is -2.46. The zero-order chi connectivity index (χ0) is 12.7. The van der Waals surface area contributed by atoms with E-state index in [1.807, 2.05) is 0 Å². The number of allylic oxidation sites excluding steroid dienone is 3. The Morgan fingerprint density at radius 2 is 1.88 bits per heavy atom. The molecule has 1 aliphatic heterocycles. The second-order valence-electron chi connectivity index (χ2n) is 5.97. The molecule has 0 fully saturated rings. The molecule has 0 aromatic rings. The van der Waals surface area contributed by atoms with Gasteiger partial charge in [0, 0.05) is 5.54 Å². The summed E-state index contributed by atoms with van der Waals surface area (Å²) >= 11 is 13.2. The zero-order valence-corrected chi connectivity index (χ0v) is 13.5. The average molecular weight is 277 g/mol. The lowest BCUT2D eigenvalue weighted by atomic mass is 9.86. The third-order valence-electron chi connectivity index (χ3n) is 3.14. The van der Waals surface area contributed by atoms with Gasteiger partial charge in [0.1, 0.15) is 0 Å². The van der Waals surface area contributed by atoms with Gasteiger partial charge in [-0.25, -0.2) is 0 Å². The first-order valence-electron chi connectivity index (χ1n) is 5.88. The fourth-order valence-corrected chi connectivity index (χ4v) is 8.12. The van der Waals surface area contributed by atoms with E-state index in [1.165, 1.54) is 10.8 Å². The van der Waals surface area contributed by atoms with Crippen LogP contribution in [0, 0.1) is 5.41 Å². The van der Waals surface area contributed by atoms with E-state index in [2.05, 4.69) is 41.2 Å². The van der Waals surface area contributed by atoms with E-state index in [1.54, 1.807) is 0 Å². The van der Waals surface area contributed by atoms with Crippen molar-refractivity contribution in [3.05, 3.63) is 22.9 Å². The molecule has 1 aliphatic rings. The Morgan fingerprint density at radius 3 is 2.19 bits per heavy atom. The van der Waals surface area contributed by atoms with Gasteiger partial charge in [-0.2, -0.15) is 0 Å². The van der Waals surface area contributed by atoms with Crippen LogP contribution in [0.2, 0.25) is 5.54 Å². The average Bonchev–Trinajstić information content (AvgIpc) is 2.08. The normalized spacial score (nSPS) is 24.3. The maximum absolute atomic E-state index is 6.59. The molecule has 0 nitrogen and oxygen atoms in total. The predicted octanol–water partition coefficient (Wildman–Crippen LogP) is 5.55. The molecule has 0 radical (unpaired) electrons. The van der Waals surface area contributed by atoms with Crippen LogP contribution in [0.5, 0.6) is 0 Å². The standard InChI is InChI=1S/C13H22Cl2Si/c1-7-10-12(9(2)3)11(16(10,14)15)8-13(4,5)6/h11H,2,7-8H2,1,3-6H3. The van der Waals surface area contributed by atoms with Crippen LogP contribution in [-0.4, -0.2) is 6.69 Å². The lowest BCUT2D eigenvalue weighted by molar-refractivity contribution is 0.373. The van der Waals surface area contributed by atoms with E-state index in [0.717, 1.165) is 18.4 Å². The third kappa shape index (κ3) is 2.57. The second kappa shape index (κ2) is 4.51.